The van der Waals surface area contributed by atoms with Crippen LogP contribution in [0.25, 0.3) is 0 Å². The lowest BCUT2D eigenvalue weighted by molar-refractivity contribution is -0.120. The standard InChI is InChI=1S/C17H24N2O2.ClH/c20-17(13-4-3-11-18-12-13)19-14-7-9-16(10-8-14)21-15-5-1-2-6-15;/h7-10,13,15,18H,1-6,11-12H2,(H,19,20);1H. The lowest BCUT2D eigenvalue weighted by Crippen LogP contribution is -2.37. The van der Waals surface area contributed by atoms with Crippen LogP contribution in [0, 0.1) is 5.92 Å². The average molecular weight is 325 g/mol. The molecular formula is C17H25ClN2O2. The van der Waals surface area contributed by atoms with Gasteiger partial charge in [0.2, 0.25) is 5.91 Å². The van der Waals surface area contributed by atoms with Crippen LogP contribution in [0.4, 0.5) is 5.69 Å². The molecule has 5 heteroatoms. The van der Waals surface area contributed by atoms with E-state index in [-0.39, 0.29) is 24.2 Å². The first-order chi connectivity index (χ1) is 10.3. The van der Waals surface area contributed by atoms with Crippen molar-refractivity contribution in [2.45, 2.75) is 44.6 Å². The summed E-state index contributed by atoms with van der Waals surface area (Å²) < 4.78 is 5.93. The highest BCUT2D eigenvalue weighted by atomic mass is 35.5. The Kier molecular flexibility index (Phi) is 6.52. The Hall–Kier alpha value is -1.26. The van der Waals surface area contributed by atoms with Crippen molar-refractivity contribution in [1.82, 2.24) is 5.32 Å². The summed E-state index contributed by atoms with van der Waals surface area (Å²) in [7, 11) is 0. The van der Waals surface area contributed by atoms with Crippen molar-refractivity contribution < 1.29 is 9.53 Å². The van der Waals surface area contributed by atoms with Gasteiger partial charge < -0.3 is 15.4 Å². The molecule has 1 unspecified atom stereocenters. The van der Waals surface area contributed by atoms with Gasteiger partial charge in [-0.05, 0) is 69.3 Å². The second kappa shape index (κ2) is 8.39. The highest BCUT2D eigenvalue weighted by Crippen LogP contribution is 2.25. The first kappa shape index (κ1) is 17.1. The van der Waals surface area contributed by atoms with Crippen LogP contribution in [0.2, 0.25) is 0 Å². The van der Waals surface area contributed by atoms with Gasteiger partial charge in [0.05, 0.1) is 12.0 Å². The van der Waals surface area contributed by atoms with Gasteiger partial charge in [0, 0.05) is 12.2 Å². The molecule has 1 aromatic carbocycles. The fraction of sp³-hybridized carbons (Fsp3) is 0.588. The first-order valence-corrected chi connectivity index (χ1v) is 8.09. The quantitative estimate of drug-likeness (QED) is 0.892. The minimum absolute atomic E-state index is 0. The lowest BCUT2D eigenvalue weighted by atomic mass is 9.99. The number of benzene rings is 1. The molecule has 0 radical (unpaired) electrons. The molecule has 22 heavy (non-hydrogen) atoms. The fourth-order valence-electron chi connectivity index (χ4n) is 3.14. The molecule has 122 valence electrons. The van der Waals surface area contributed by atoms with Gasteiger partial charge in [0.1, 0.15) is 5.75 Å². The summed E-state index contributed by atoms with van der Waals surface area (Å²) in [4.78, 5) is 12.1. The maximum Gasteiger partial charge on any atom is 0.228 e. The van der Waals surface area contributed by atoms with Crippen molar-refractivity contribution in [1.29, 1.82) is 0 Å². The van der Waals surface area contributed by atoms with E-state index >= 15 is 0 Å². The van der Waals surface area contributed by atoms with Crippen molar-refractivity contribution >= 4 is 24.0 Å². The summed E-state index contributed by atoms with van der Waals surface area (Å²) in [5.74, 6) is 1.11. The summed E-state index contributed by atoms with van der Waals surface area (Å²) in [6.45, 7) is 1.81. The number of hydrogen-bond acceptors (Lipinski definition) is 3. The first-order valence-electron chi connectivity index (χ1n) is 8.09. The topological polar surface area (TPSA) is 50.4 Å². The third kappa shape index (κ3) is 4.62. The molecule has 1 aliphatic carbocycles. The van der Waals surface area contributed by atoms with Gasteiger partial charge in [0.25, 0.3) is 0 Å². The van der Waals surface area contributed by atoms with Crippen molar-refractivity contribution in [2.24, 2.45) is 5.92 Å². The molecular weight excluding hydrogens is 300 g/mol. The van der Waals surface area contributed by atoms with Gasteiger partial charge in [-0.25, -0.2) is 0 Å². The molecule has 1 aliphatic heterocycles. The number of rotatable bonds is 4. The zero-order chi connectivity index (χ0) is 14.5. The van der Waals surface area contributed by atoms with E-state index in [1.165, 1.54) is 12.8 Å². The number of carbonyl (C=O) groups is 1. The van der Waals surface area contributed by atoms with Crippen molar-refractivity contribution in [3.63, 3.8) is 0 Å². The van der Waals surface area contributed by atoms with Crippen LogP contribution in [-0.4, -0.2) is 25.1 Å². The Morgan fingerprint density at radius 2 is 1.82 bits per heavy atom. The van der Waals surface area contributed by atoms with Crippen LogP contribution in [0.15, 0.2) is 24.3 Å². The number of anilines is 1. The van der Waals surface area contributed by atoms with Crippen LogP contribution in [0.5, 0.6) is 5.75 Å². The van der Waals surface area contributed by atoms with E-state index in [4.69, 9.17) is 4.74 Å². The molecule has 2 fully saturated rings. The van der Waals surface area contributed by atoms with E-state index in [0.717, 1.165) is 50.2 Å². The van der Waals surface area contributed by atoms with Gasteiger partial charge in [-0.15, -0.1) is 12.4 Å². The fourth-order valence-corrected chi connectivity index (χ4v) is 3.14. The van der Waals surface area contributed by atoms with Crippen molar-refractivity contribution in [3.8, 4) is 5.75 Å². The molecule has 0 aromatic heterocycles. The maximum atomic E-state index is 12.1. The van der Waals surface area contributed by atoms with Crippen molar-refractivity contribution in [2.75, 3.05) is 18.4 Å². The second-order valence-electron chi connectivity index (χ2n) is 6.08. The smallest absolute Gasteiger partial charge is 0.228 e. The summed E-state index contributed by atoms with van der Waals surface area (Å²) >= 11 is 0. The zero-order valence-electron chi connectivity index (χ0n) is 12.8. The number of nitrogens with one attached hydrogen (secondary N) is 2. The second-order valence-corrected chi connectivity index (χ2v) is 6.08. The normalized spacial score (nSPS) is 21.9. The van der Waals surface area contributed by atoms with E-state index in [0.29, 0.717) is 6.10 Å². The van der Waals surface area contributed by atoms with Gasteiger partial charge in [-0.1, -0.05) is 0 Å². The molecule has 4 nitrogen and oxygen atoms in total. The number of piperidine rings is 1. The summed E-state index contributed by atoms with van der Waals surface area (Å²) in [6.07, 6.45) is 7.29. The van der Waals surface area contributed by atoms with Crippen LogP contribution in [0.1, 0.15) is 38.5 Å². The molecule has 2 aliphatic rings. The van der Waals surface area contributed by atoms with Crippen LogP contribution < -0.4 is 15.4 Å². The SMILES string of the molecule is Cl.O=C(Nc1ccc(OC2CCCC2)cc1)C1CCCNC1. The van der Waals surface area contributed by atoms with Gasteiger partial charge in [-0.3, -0.25) is 4.79 Å². The predicted octanol–water partition coefficient (Wildman–Crippen LogP) is 3.37. The molecule has 1 amide bonds. The molecule has 1 saturated heterocycles. The summed E-state index contributed by atoms with van der Waals surface area (Å²) in [6, 6.07) is 7.76. The highest BCUT2D eigenvalue weighted by molar-refractivity contribution is 5.92. The highest BCUT2D eigenvalue weighted by Gasteiger charge is 2.21. The van der Waals surface area contributed by atoms with Crippen LogP contribution in [0.3, 0.4) is 0 Å². The molecule has 1 aromatic rings. The maximum absolute atomic E-state index is 12.1. The number of carbonyl (C=O) groups excluding carboxylic acids is 1. The molecule has 0 spiro atoms. The van der Waals surface area contributed by atoms with Crippen LogP contribution in [-0.2, 0) is 4.79 Å². The number of hydrogen-bond donors (Lipinski definition) is 2. The molecule has 2 N–H and O–H groups in total. The summed E-state index contributed by atoms with van der Waals surface area (Å²) in [5, 5.41) is 6.27. The Morgan fingerprint density at radius 1 is 1.09 bits per heavy atom. The Bertz CT molecular complexity index is 466. The Labute approximate surface area is 138 Å². The van der Waals surface area contributed by atoms with E-state index in [1.54, 1.807) is 0 Å². The number of halogens is 1. The van der Waals surface area contributed by atoms with Gasteiger partial charge in [-0.2, -0.15) is 0 Å². The number of ether oxygens (including phenoxy) is 1. The monoisotopic (exact) mass is 324 g/mol. The summed E-state index contributed by atoms with van der Waals surface area (Å²) in [5.41, 5.74) is 0.851. The zero-order valence-corrected chi connectivity index (χ0v) is 13.7. The van der Waals surface area contributed by atoms with Gasteiger partial charge >= 0.3 is 0 Å². The molecule has 1 heterocycles. The van der Waals surface area contributed by atoms with E-state index in [1.807, 2.05) is 24.3 Å². The van der Waals surface area contributed by atoms with E-state index in [2.05, 4.69) is 10.6 Å². The Morgan fingerprint density at radius 3 is 2.45 bits per heavy atom. The minimum atomic E-state index is 0. The number of amides is 1. The average Bonchev–Trinajstić information content (AvgIpc) is 3.03. The van der Waals surface area contributed by atoms with E-state index < -0.39 is 0 Å². The molecule has 0 bridgehead atoms. The third-order valence-corrected chi connectivity index (χ3v) is 4.39. The Balaban J connectivity index is 0.00000176. The third-order valence-electron chi connectivity index (χ3n) is 4.39. The van der Waals surface area contributed by atoms with Crippen molar-refractivity contribution in [3.05, 3.63) is 24.3 Å². The largest absolute Gasteiger partial charge is 0.490 e. The van der Waals surface area contributed by atoms with E-state index in [9.17, 15) is 4.79 Å². The lowest BCUT2D eigenvalue weighted by Gasteiger charge is -2.22. The van der Waals surface area contributed by atoms with Crippen LogP contribution >= 0.6 is 12.4 Å². The minimum Gasteiger partial charge on any atom is -0.490 e. The molecule has 1 atom stereocenters. The molecule has 1 saturated carbocycles. The predicted molar refractivity (Wildman–Crippen MR) is 90.8 cm³/mol. The van der Waals surface area contributed by atoms with Gasteiger partial charge in [0.15, 0.2) is 0 Å². The molecule has 3 rings (SSSR count).